The summed E-state index contributed by atoms with van der Waals surface area (Å²) in [5.74, 6) is 0. The molecule has 1 aliphatic rings. The molecule has 2 heterocycles. The van der Waals surface area contributed by atoms with Crippen molar-refractivity contribution in [1.82, 2.24) is 19.9 Å². The number of nitrogens with zero attached hydrogens (tertiary/aromatic N) is 4. The summed E-state index contributed by atoms with van der Waals surface area (Å²) in [5.41, 5.74) is 4.57. The highest BCUT2D eigenvalue weighted by molar-refractivity contribution is 7.61. The van der Waals surface area contributed by atoms with E-state index in [0.717, 1.165) is 24.0 Å². The van der Waals surface area contributed by atoms with Crippen molar-refractivity contribution in [3.8, 4) is 0 Å². The molecule has 0 spiro atoms. The smallest absolute Gasteiger partial charge is 0.0933 e. The number of allylic oxidation sites excluding steroid dienone is 4. The molecule has 31 heavy (non-hydrogen) atoms. The molecule has 0 fully saturated rings. The van der Waals surface area contributed by atoms with Crippen molar-refractivity contribution >= 4 is 17.2 Å². The van der Waals surface area contributed by atoms with E-state index in [-0.39, 0.29) is 7.92 Å². The van der Waals surface area contributed by atoms with Gasteiger partial charge in [-0.05, 0) is 46.9 Å². The minimum absolute atomic E-state index is 0.260. The molecule has 0 N–H and O–H groups in total. The van der Waals surface area contributed by atoms with Crippen molar-refractivity contribution < 1.29 is 0 Å². The quantitative estimate of drug-likeness (QED) is 0.406. The van der Waals surface area contributed by atoms with E-state index in [1.165, 1.54) is 24.0 Å². The van der Waals surface area contributed by atoms with Crippen LogP contribution in [0.5, 0.6) is 0 Å². The fourth-order valence-corrected chi connectivity index (χ4v) is 8.85. The third-order valence-electron chi connectivity index (χ3n) is 6.96. The lowest BCUT2D eigenvalue weighted by Crippen LogP contribution is -2.32. The Morgan fingerprint density at radius 1 is 0.871 bits per heavy atom. The molecule has 0 bridgehead atoms. The Kier molecular flexibility index (Phi) is 7.44. The second-order valence-corrected chi connectivity index (χ2v) is 14.0. The molecule has 0 saturated heterocycles. The van der Waals surface area contributed by atoms with Crippen LogP contribution in [0.2, 0.25) is 0 Å². The number of hydrogen-bond acceptors (Lipinski definition) is 4. The zero-order valence-electron chi connectivity index (χ0n) is 19.8. The highest BCUT2D eigenvalue weighted by Gasteiger charge is 2.42. The summed E-state index contributed by atoms with van der Waals surface area (Å²) in [6.07, 6.45) is 19.7. The molecule has 4 nitrogen and oxygen atoms in total. The first-order valence-electron chi connectivity index (χ1n) is 11.2. The normalized spacial score (nSPS) is 15.2. The van der Waals surface area contributed by atoms with E-state index in [1.807, 2.05) is 12.4 Å². The van der Waals surface area contributed by atoms with Crippen LogP contribution in [0.3, 0.4) is 0 Å². The van der Waals surface area contributed by atoms with Gasteiger partial charge in [0.25, 0.3) is 0 Å². The molecular formula is C25H36N4P2. The highest BCUT2D eigenvalue weighted by atomic mass is 31.1. The van der Waals surface area contributed by atoms with E-state index in [2.05, 4.69) is 72.9 Å². The van der Waals surface area contributed by atoms with Gasteiger partial charge in [-0.1, -0.05) is 61.6 Å². The van der Waals surface area contributed by atoms with E-state index >= 15 is 0 Å². The van der Waals surface area contributed by atoms with Crippen LogP contribution in [-0.2, 0) is 5.16 Å². The molecule has 2 aromatic rings. The molecule has 1 atom stereocenters. The topological polar surface area (TPSA) is 51.6 Å². The lowest BCUT2D eigenvalue weighted by atomic mass is 9.88. The number of aromatic nitrogens is 4. The summed E-state index contributed by atoms with van der Waals surface area (Å²) < 4.78 is 0. The van der Waals surface area contributed by atoms with Crippen LogP contribution < -0.4 is 0 Å². The van der Waals surface area contributed by atoms with Crippen LogP contribution in [-0.4, -0.2) is 36.4 Å². The van der Waals surface area contributed by atoms with Gasteiger partial charge in [0, 0.05) is 24.8 Å². The van der Waals surface area contributed by atoms with Gasteiger partial charge in [0.15, 0.2) is 0 Å². The molecule has 0 aliphatic heterocycles. The Bertz CT molecular complexity index is 881. The van der Waals surface area contributed by atoms with Gasteiger partial charge >= 0.3 is 0 Å². The molecule has 2 aromatic heterocycles. The summed E-state index contributed by atoms with van der Waals surface area (Å²) in [7, 11) is 2.80. The van der Waals surface area contributed by atoms with Gasteiger partial charge in [-0.3, -0.25) is 19.9 Å². The van der Waals surface area contributed by atoms with Crippen molar-refractivity contribution in [3.63, 3.8) is 0 Å². The van der Waals surface area contributed by atoms with E-state index in [0.29, 0.717) is 10.3 Å². The Morgan fingerprint density at radius 3 is 1.81 bits per heavy atom. The Labute approximate surface area is 191 Å². The summed E-state index contributed by atoms with van der Waals surface area (Å²) in [4.78, 5) is 18.2. The fourth-order valence-electron chi connectivity index (χ4n) is 4.36. The second-order valence-electron chi connectivity index (χ2n) is 9.52. The maximum absolute atomic E-state index is 4.71. The van der Waals surface area contributed by atoms with Crippen LogP contribution in [0.15, 0.2) is 60.5 Å². The number of hydrogen-bond donors (Lipinski definition) is 0. The van der Waals surface area contributed by atoms with E-state index in [4.69, 9.17) is 9.97 Å². The van der Waals surface area contributed by atoms with Crippen LogP contribution >= 0.6 is 17.2 Å². The van der Waals surface area contributed by atoms with Crippen LogP contribution in [0.4, 0.5) is 0 Å². The molecule has 0 saturated carbocycles. The van der Waals surface area contributed by atoms with Gasteiger partial charge < -0.3 is 0 Å². The summed E-state index contributed by atoms with van der Waals surface area (Å²) in [6, 6.07) is 0. The molecule has 1 aliphatic carbocycles. The van der Waals surface area contributed by atoms with Gasteiger partial charge in [0.2, 0.25) is 0 Å². The van der Waals surface area contributed by atoms with E-state index in [9.17, 15) is 0 Å². The van der Waals surface area contributed by atoms with Crippen LogP contribution in [0.1, 0.15) is 72.2 Å². The standard InChI is InChI=1S/C25H36N4P2/c1-7-23(3,4)31(24(5,6)8-2)18-19-10-9-11-20(19)25(30,21-16-26-12-14-28-21)22-17-27-13-15-29-22/h9-10,12-17H,7-8,11,18,30H2,1-6H3. The summed E-state index contributed by atoms with van der Waals surface area (Å²) >= 11 is 0. The monoisotopic (exact) mass is 454 g/mol. The van der Waals surface area contributed by atoms with Gasteiger partial charge in [-0.15, -0.1) is 9.24 Å². The van der Waals surface area contributed by atoms with Gasteiger partial charge in [0.05, 0.1) is 28.9 Å². The first kappa shape index (κ1) is 24.1. The van der Waals surface area contributed by atoms with E-state index in [1.54, 1.807) is 24.8 Å². The zero-order chi connectivity index (χ0) is 22.7. The SMILES string of the molecule is CCC(C)(C)P(CC1=C(C(P)(c2cnccn2)c2cnccn2)CC=C1)C(C)(C)CC. The minimum Gasteiger partial charge on any atom is -0.261 e. The van der Waals surface area contributed by atoms with Gasteiger partial charge in [-0.2, -0.15) is 0 Å². The predicted octanol–water partition coefficient (Wildman–Crippen LogP) is 6.50. The van der Waals surface area contributed by atoms with Crippen molar-refractivity contribution in [3.05, 3.63) is 71.9 Å². The molecule has 0 radical (unpaired) electrons. The second kappa shape index (κ2) is 9.55. The van der Waals surface area contributed by atoms with Crippen LogP contribution in [0.25, 0.3) is 0 Å². The largest absolute Gasteiger partial charge is 0.261 e. The Balaban J connectivity index is 2.15. The first-order chi connectivity index (χ1) is 14.7. The first-order valence-corrected chi connectivity index (χ1v) is 13.3. The third-order valence-corrected chi connectivity index (χ3v) is 12.1. The molecular weight excluding hydrogens is 418 g/mol. The lowest BCUT2D eigenvalue weighted by Gasteiger charge is -2.45. The third kappa shape index (κ3) is 4.81. The summed E-state index contributed by atoms with van der Waals surface area (Å²) in [6.45, 7) is 14.5. The summed E-state index contributed by atoms with van der Waals surface area (Å²) in [5, 5.41) is 0.0904. The molecule has 166 valence electrons. The fraction of sp³-hybridized carbons (Fsp3) is 0.520. The van der Waals surface area contributed by atoms with Gasteiger partial charge in [0.1, 0.15) is 0 Å². The van der Waals surface area contributed by atoms with Gasteiger partial charge in [-0.25, -0.2) is 0 Å². The lowest BCUT2D eigenvalue weighted by molar-refractivity contribution is 0.603. The maximum Gasteiger partial charge on any atom is 0.0933 e. The molecule has 6 heteroatoms. The van der Waals surface area contributed by atoms with Crippen molar-refractivity contribution in [2.45, 2.75) is 76.3 Å². The zero-order valence-corrected chi connectivity index (χ0v) is 21.8. The highest BCUT2D eigenvalue weighted by Crippen LogP contribution is 2.64. The van der Waals surface area contributed by atoms with Crippen molar-refractivity contribution in [2.24, 2.45) is 0 Å². The molecule has 3 rings (SSSR count). The Morgan fingerprint density at radius 2 is 1.39 bits per heavy atom. The Hall–Kier alpha value is -1.50. The van der Waals surface area contributed by atoms with Crippen molar-refractivity contribution in [2.75, 3.05) is 6.16 Å². The predicted molar refractivity (Wildman–Crippen MR) is 136 cm³/mol. The van der Waals surface area contributed by atoms with Crippen LogP contribution in [0, 0.1) is 0 Å². The number of rotatable bonds is 9. The minimum atomic E-state index is -0.533. The van der Waals surface area contributed by atoms with E-state index < -0.39 is 5.16 Å². The molecule has 0 aromatic carbocycles. The average molecular weight is 455 g/mol. The van der Waals surface area contributed by atoms with Crippen molar-refractivity contribution in [1.29, 1.82) is 0 Å². The average Bonchev–Trinajstić information content (AvgIpc) is 3.27. The molecule has 1 unspecified atom stereocenters. The maximum atomic E-state index is 4.71. The molecule has 0 amide bonds.